The Balaban J connectivity index is 0.00000200. The van der Waals surface area contributed by atoms with Crippen molar-refractivity contribution in [2.45, 2.75) is 13.0 Å². The summed E-state index contributed by atoms with van der Waals surface area (Å²) in [7, 11) is 0. The monoisotopic (exact) mass is 306 g/mol. The zero-order valence-electron chi connectivity index (χ0n) is 10.8. The van der Waals surface area contributed by atoms with Gasteiger partial charge in [-0.25, -0.2) is 0 Å². The predicted molar refractivity (Wildman–Crippen MR) is 73.6 cm³/mol. The van der Waals surface area contributed by atoms with Gasteiger partial charge in [-0.2, -0.15) is 8.78 Å². The van der Waals surface area contributed by atoms with Crippen LogP contribution in [-0.4, -0.2) is 32.2 Å². The van der Waals surface area contributed by atoms with Gasteiger partial charge in [0.05, 0.1) is 0 Å². The average Bonchev–Trinajstić information content (AvgIpc) is 2.88. The fourth-order valence-electron chi connectivity index (χ4n) is 2.04. The van der Waals surface area contributed by atoms with Crippen LogP contribution >= 0.6 is 12.4 Å². The summed E-state index contributed by atoms with van der Waals surface area (Å²) in [4.78, 5) is 11.9. The predicted octanol–water partition coefficient (Wildman–Crippen LogP) is 2.05. The van der Waals surface area contributed by atoms with E-state index in [1.165, 1.54) is 18.2 Å². The lowest BCUT2D eigenvalue weighted by Gasteiger charge is -2.11. The maximum Gasteiger partial charge on any atom is 0.387 e. The Bertz CT molecular complexity index is 440. The molecule has 1 aromatic rings. The van der Waals surface area contributed by atoms with Gasteiger partial charge in [-0.1, -0.05) is 6.07 Å². The molecular formula is C13H17ClF2N2O2. The van der Waals surface area contributed by atoms with E-state index in [4.69, 9.17) is 0 Å². The molecule has 1 unspecified atom stereocenters. The van der Waals surface area contributed by atoms with Gasteiger partial charge in [0, 0.05) is 12.1 Å². The first-order chi connectivity index (χ1) is 9.15. The molecule has 0 spiro atoms. The number of hydrogen-bond acceptors (Lipinski definition) is 3. The molecule has 1 aliphatic rings. The molecule has 7 heteroatoms. The van der Waals surface area contributed by atoms with Crippen molar-refractivity contribution in [1.29, 1.82) is 0 Å². The van der Waals surface area contributed by atoms with Crippen LogP contribution in [0.1, 0.15) is 16.8 Å². The van der Waals surface area contributed by atoms with Crippen LogP contribution in [-0.2, 0) is 0 Å². The first-order valence-electron chi connectivity index (χ1n) is 6.19. The van der Waals surface area contributed by atoms with Crippen LogP contribution in [0.25, 0.3) is 0 Å². The Morgan fingerprint density at radius 1 is 1.50 bits per heavy atom. The van der Waals surface area contributed by atoms with E-state index in [1.807, 2.05) is 0 Å². The van der Waals surface area contributed by atoms with Crippen molar-refractivity contribution in [3.63, 3.8) is 0 Å². The van der Waals surface area contributed by atoms with Gasteiger partial charge >= 0.3 is 6.61 Å². The topological polar surface area (TPSA) is 50.4 Å². The molecule has 0 aromatic heterocycles. The minimum Gasteiger partial charge on any atom is -0.435 e. The lowest BCUT2D eigenvalue weighted by Crippen LogP contribution is -2.30. The number of benzene rings is 1. The van der Waals surface area contributed by atoms with E-state index in [0.29, 0.717) is 18.0 Å². The largest absolute Gasteiger partial charge is 0.435 e. The third kappa shape index (κ3) is 4.94. The van der Waals surface area contributed by atoms with Crippen molar-refractivity contribution in [3.8, 4) is 5.75 Å². The van der Waals surface area contributed by atoms with Crippen LogP contribution in [0.2, 0.25) is 0 Å². The van der Waals surface area contributed by atoms with Crippen molar-refractivity contribution >= 4 is 18.3 Å². The number of nitrogens with one attached hydrogen (secondary N) is 2. The quantitative estimate of drug-likeness (QED) is 0.875. The molecule has 1 atom stereocenters. The van der Waals surface area contributed by atoms with Gasteiger partial charge in [-0.05, 0) is 43.6 Å². The summed E-state index contributed by atoms with van der Waals surface area (Å²) in [6.45, 7) is -0.429. The number of carbonyl (C=O) groups excluding carboxylic acids is 1. The third-order valence-corrected chi connectivity index (χ3v) is 3.04. The molecule has 1 aromatic carbocycles. The summed E-state index contributed by atoms with van der Waals surface area (Å²) in [5.74, 6) is 0.154. The van der Waals surface area contributed by atoms with Gasteiger partial charge in [0.25, 0.3) is 5.91 Å². The third-order valence-electron chi connectivity index (χ3n) is 3.04. The molecule has 1 amide bonds. The summed E-state index contributed by atoms with van der Waals surface area (Å²) < 4.78 is 28.4. The Labute approximate surface area is 122 Å². The second kappa shape index (κ2) is 8.01. The molecule has 1 heterocycles. The van der Waals surface area contributed by atoms with Crippen molar-refractivity contribution in [2.24, 2.45) is 5.92 Å². The van der Waals surface area contributed by atoms with Gasteiger partial charge in [-0.3, -0.25) is 4.79 Å². The summed E-state index contributed by atoms with van der Waals surface area (Å²) in [6, 6.07) is 5.79. The lowest BCUT2D eigenvalue weighted by atomic mass is 10.1. The minimum atomic E-state index is -2.89. The van der Waals surface area contributed by atoms with Crippen molar-refractivity contribution in [2.75, 3.05) is 19.6 Å². The van der Waals surface area contributed by atoms with E-state index in [1.54, 1.807) is 6.07 Å². The van der Waals surface area contributed by atoms with Gasteiger partial charge in [0.1, 0.15) is 5.75 Å². The Morgan fingerprint density at radius 3 is 2.95 bits per heavy atom. The fraction of sp³-hybridized carbons (Fsp3) is 0.462. The van der Waals surface area contributed by atoms with Crippen molar-refractivity contribution in [1.82, 2.24) is 10.6 Å². The number of carbonyl (C=O) groups is 1. The lowest BCUT2D eigenvalue weighted by molar-refractivity contribution is -0.0498. The van der Waals surface area contributed by atoms with Gasteiger partial charge in [0.15, 0.2) is 0 Å². The SMILES string of the molecule is Cl.O=C(NCC1CCNC1)c1cccc(OC(F)F)c1. The molecule has 0 radical (unpaired) electrons. The Hall–Kier alpha value is -1.40. The summed E-state index contributed by atoms with van der Waals surface area (Å²) >= 11 is 0. The summed E-state index contributed by atoms with van der Waals surface area (Å²) in [6.07, 6.45) is 1.04. The first kappa shape index (κ1) is 16.7. The standard InChI is InChI=1S/C13H16F2N2O2.ClH/c14-13(15)19-11-3-1-2-10(6-11)12(18)17-8-9-4-5-16-7-9;/h1-3,6,9,13,16H,4-5,7-8H2,(H,17,18);1H. The zero-order valence-corrected chi connectivity index (χ0v) is 11.6. The smallest absolute Gasteiger partial charge is 0.387 e. The van der Waals surface area contributed by atoms with E-state index >= 15 is 0 Å². The van der Waals surface area contributed by atoms with Crippen molar-refractivity contribution < 1.29 is 18.3 Å². The summed E-state index contributed by atoms with van der Waals surface area (Å²) in [5, 5.41) is 6.01. The first-order valence-corrected chi connectivity index (χ1v) is 6.19. The highest BCUT2D eigenvalue weighted by atomic mass is 35.5. The molecule has 4 nitrogen and oxygen atoms in total. The summed E-state index contributed by atoms with van der Waals surface area (Å²) in [5.41, 5.74) is 0.323. The number of rotatable bonds is 5. The number of amides is 1. The Kier molecular flexibility index (Phi) is 6.67. The van der Waals surface area contributed by atoms with Gasteiger partial charge < -0.3 is 15.4 Å². The molecule has 2 N–H and O–H groups in total. The van der Waals surface area contributed by atoms with Crippen LogP contribution in [0, 0.1) is 5.92 Å². The van der Waals surface area contributed by atoms with E-state index in [9.17, 15) is 13.6 Å². The molecule has 112 valence electrons. The highest BCUT2D eigenvalue weighted by molar-refractivity contribution is 5.94. The molecule has 2 rings (SSSR count). The molecule has 1 aliphatic heterocycles. The second-order valence-corrected chi connectivity index (χ2v) is 4.48. The number of ether oxygens (including phenoxy) is 1. The van der Waals surface area contributed by atoms with Crippen LogP contribution in [0.5, 0.6) is 5.75 Å². The molecule has 1 saturated heterocycles. The highest BCUT2D eigenvalue weighted by Gasteiger charge is 2.16. The molecular weight excluding hydrogens is 290 g/mol. The fourth-order valence-corrected chi connectivity index (χ4v) is 2.04. The van der Waals surface area contributed by atoms with Crippen LogP contribution < -0.4 is 15.4 Å². The van der Waals surface area contributed by atoms with E-state index in [0.717, 1.165) is 19.5 Å². The molecule has 1 fully saturated rings. The molecule has 0 bridgehead atoms. The number of hydrogen-bond donors (Lipinski definition) is 2. The zero-order chi connectivity index (χ0) is 13.7. The highest BCUT2D eigenvalue weighted by Crippen LogP contribution is 2.16. The van der Waals surface area contributed by atoms with Crippen molar-refractivity contribution in [3.05, 3.63) is 29.8 Å². The van der Waals surface area contributed by atoms with Gasteiger partial charge in [-0.15, -0.1) is 12.4 Å². The normalized spacial score (nSPS) is 17.6. The molecule has 0 saturated carbocycles. The van der Waals surface area contributed by atoms with E-state index < -0.39 is 6.61 Å². The maximum absolute atomic E-state index is 12.1. The minimum absolute atomic E-state index is 0. The van der Waals surface area contributed by atoms with Crippen LogP contribution in [0.15, 0.2) is 24.3 Å². The Morgan fingerprint density at radius 2 is 2.30 bits per heavy atom. The van der Waals surface area contributed by atoms with Crippen LogP contribution in [0.3, 0.4) is 0 Å². The average molecular weight is 307 g/mol. The van der Waals surface area contributed by atoms with Gasteiger partial charge in [0.2, 0.25) is 0 Å². The maximum atomic E-state index is 12.1. The number of halogens is 3. The molecule has 0 aliphatic carbocycles. The van der Waals surface area contributed by atoms with E-state index in [2.05, 4.69) is 15.4 Å². The van der Waals surface area contributed by atoms with Crippen LogP contribution in [0.4, 0.5) is 8.78 Å². The number of alkyl halides is 2. The second-order valence-electron chi connectivity index (χ2n) is 4.48. The van der Waals surface area contributed by atoms with E-state index in [-0.39, 0.29) is 24.1 Å². The molecule has 20 heavy (non-hydrogen) atoms.